The van der Waals surface area contributed by atoms with Gasteiger partial charge in [-0.15, -0.1) is 0 Å². The quantitative estimate of drug-likeness (QED) is 0.463. The predicted molar refractivity (Wildman–Crippen MR) is 36.3 cm³/mol. The maximum absolute atomic E-state index is 10.6. The van der Waals surface area contributed by atoms with Crippen LogP contribution in [0.25, 0.3) is 0 Å². The Morgan fingerprint density at radius 2 is 2.33 bits per heavy atom. The molecule has 0 aromatic carbocycles. The molecule has 0 fully saturated rings. The van der Waals surface area contributed by atoms with Crippen molar-refractivity contribution in [1.82, 2.24) is 0 Å². The third kappa shape index (κ3) is 5.07. The molecule has 1 N–H and O–H groups in total. The number of ketones is 1. The van der Waals surface area contributed by atoms with Crippen LogP contribution < -0.4 is 0 Å². The predicted octanol–water partition coefficient (Wildman–Crippen LogP) is 1.82. The smallest absolute Gasteiger partial charge is 0.158 e. The van der Waals surface area contributed by atoms with Gasteiger partial charge in [-0.2, -0.15) is 0 Å². The highest BCUT2D eigenvalue weighted by Crippen LogP contribution is 1.94. The third-order valence-electron chi connectivity index (χ3n) is 1.04. The number of carbonyl (C=O) groups excluding carboxylic acids is 1. The maximum atomic E-state index is 10.6. The largest absolute Gasteiger partial charge is 0.515 e. The first-order valence-corrected chi connectivity index (χ1v) is 3.14. The molecule has 2 heteroatoms. The summed E-state index contributed by atoms with van der Waals surface area (Å²) in [7, 11) is 0. The van der Waals surface area contributed by atoms with E-state index in [2.05, 4.69) is 0 Å². The Hall–Kier alpha value is -0.790. The fourth-order valence-electron chi connectivity index (χ4n) is 0.517. The van der Waals surface area contributed by atoms with Crippen LogP contribution in [0.3, 0.4) is 0 Å². The molecule has 2 nitrogen and oxygen atoms in total. The van der Waals surface area contributed by atoms with Gasteiger partial charge in [-0.25, -0.2) is 0 Å². The molecule has 0 unspecified atom stereocenters. The molecule has 0 aliphatic carbocycles. The van der Waals surface area contributed by atoms with Crippen LogP contribution in [0, 0.1) is 0 Å². The zero-order valence-corrected chi connectivity index (χ0v) is 5.63. The molecule has 0 saturated carbocycles. The van der Waals surface area contributed by atoms with Crippen LogP contribution in [0.4, 0.5) is 0 Å². The first kappa shape index (κ1) is 8.21. The summed E-state index contributed by atoms with van der Waals surface area (Å²) in [6, 6.07) is 0. The lowest BCUT2D eigenvalue weighted by Crippen LogP contribution is -1.90. The van der Waals surface area contributed by atoms with E-state index in [1.807, 2.05) is 6.92 Å². The van der Waals surface area contributed by atoms with Gasteiger partial charge in [0, 0.05) is 12.5 Å². The van der Waals surface area contributed by atoms with E-state index < -0.39 is 0 Å². The number of aliphatic hydroxyl groups is 1. The molecule has 52 valence electrons. The molecular weight excluding hydrogens is 116 g/mol. The molecule has 0 rings (SSSR count). The first-order chi connectivity index (χ1) is 4.31. The highest BCUT2D eigenvalue weighted by Gasteiger charge is 1.92. The van der Waals surface area contributed by atoms with E-state index in [1.54, 1.807) is 0 Å². The molecule has 0 amide bonds. The fourth-order valence-corrected chi connectivity index (χ4v) is 0.517. The molecule has 0 aromatic heterocycles. The van der Waals surface area contributed by atoms with Crippen molar-refractivity contribution in [3.63, 3.8) is 0 Å². The average Bonchev–Trinajstić information content (AvgIpc) is 1.85. The van der Waals surface area contributed by atoms with Crippen LogP contribution in [-0.2, 0) is 4.79 Å². The van der Waals surface area contributed by atoms with Gasteiger partial charge in [-0.05, 0) is 6.42 Å². The van der Waals surface area contributed by atoms with Crippen molar-refractivity contribution in [3.05, 3.63) is 12.3 Å². The normalized spacial score (nSPS) is 10.3. The summed E-state index contributed by atoms with van der Waals surface area (Å²) in [5.41, 5.74) is 0. The van der Waals surface area contributed by atoms with E-state index >= 15 is 0 Å². The van der Waals surface area contributed by atoms with E-state index in [0.29, 0.717) is 6.42 Å². The van der Waals surface area contributed by atoms with Crippen LogP contribution in [-0.4, -0.2) is 10.9 Å². The van der Waals surface area contributed by atoms with Crippen molar-refractivity contribution in [2.75, 3.05) is 0 Å². The Morgan fingerprint density at radius 3 is 2.78 bits per heavy atom. The summed E-state index contributed by atoms with van der Waals surface area (Å²) in [6.45, 7) is 2.02. The van der Waals surface area contributed by atoms with Crippen LogP contribution in [0.5, 0.6) is 0 Å². The summed E-state index contributed by atoms with van der Waals surface area (Å²) in [5.74, 6) is -0.000602. The van der Waals surface area contributed by atoms with E-state index in [1.165, 1.54) is 6.08 Å². The minimum Gasteiger partial charge on any atom is -0.515 e. The van der Waals surface area contributed by atoms with Crippen LogP contribution in [0.1, 0.15) is 26.2 Å². The van der Waals surface area contributed by atoms with Gasteiger partial charge >= 0.3 is 0 Å². The second-order valence-corrected chi connectivity index (χ2v) is 1.89. The van der Waals surface area contributed by atoms with Crippen LogP contribution >= 0.6 is 0 Å². The van der Waals surface area contributed by atoms with Gasteiger partial charge in [0.1, 0.15) is 0 Å². The van der Waals surface area contributed by atoms with Gasteiger partial charge < -0.3 is 5.11 Å². The van der Waals surface area contributed by atoms with Crippen molar-refractivity contribution >= 4 is 5.78 Å². The van der Waals surface area contributed by atoms with E-state index in [9.17, 15) is 4.79 Å². The van der Waals surface area contributed by atoms with Crippen LogP contribution in [0.15, 0.2) is 12.3 Å². The molecule has 0 spiro atoms. The molecule has 0 aromatic rings. The van der Waals surface area contributed by atoms with Crippen molar-refractivity contribution in [1.29, 1.82) is 0 Å². The zero-order valence-electron chi connectivity index (χ0n) is 5.63. The standard InChI is InChI=1S/C7H12O2/c1-2-3-4-7(9)5-6-8/h5-6,8H,2-4H2,1H3/b6-5-. The first-order valence-electron chi connectivity index (χ1n) is 3.14. The maximum Gasteiger partial charge on any atom is 0.158 e. The lowest BCUT2D eigenvalue weighted by Gasteiger charge is -1.88. The number of hydrogen-bond donors (Lipinski definition) is 1. The van der Waals surface area contributed by atoms with Crippen molar-refractivity contribution in [2.45, 2.75) is 26.2 Å². The van der Waals surface area contributed by atoms with E-state index in [0.717, 1.165) is 19.1 Å². The van der Waals surface area contributed by atoms with Gasteiger partial charge in [0.15, 0.2) is 5.78 Å². The van der Waals surface area contributed by atoms with Gasteiger partial charge in [-0.3, -0.25) is 4.79 Å². The minimum atomic E-state index is -0.000602. The summed E-state index contributed by atoms with van der Waals surface area (Å²) in [4.78, 5) is 10.6. The third-order valence-corrected chi connectivity index (χ3v) is 1.04. The van der Waals surface area contributed by atoms with Gasteiger partial charge in [0.05, 0.1) is 6.26 Å². The Bertz CT molecular complexity index is 105. The van der Waals surface area contributed by atoms with Crippen molar-refractivity contribution in [2.24, 2.45) is 0 Å². The Morgan fingerprint density at radius 1 is 1.67 bits per heavy atom. The van der Waals surface area contributed by atoms with Gasteiger partial charge in [0.2, 0.25) is 0 Å². The number of rotatable bonds is 4. The van der Waals surface area contributed by atoms with Crippen LogP contribution in [0.2, 0.25) is 0 Å². The minimum absolute atomic E-state index is 0.000602. The Kier molecular flexibility index (Phi) is 4.88. The molecule has 0 aliphatic rings. The van der Waals surface area contributed by atoms with Crippen molar-refractivity contribution in [3.8, 4) is 0 Å². The highest BCUT2D eigenvalue weighted by molar-refractivity contribution is 5.89. The van der Waals surface area contributed by atoms with Gasteiger partial charge in [-0.1, -0.05) is 13.3 Å². The lowest BCUT2D eigenvalue weighted by molar-refractivity contribution is -0.114. The topological polar surface area (TPSA) is 37.3 Å². The molecule has 0 heterocycles. The summed E-state index contributed by atoms with van der Waals surface area (Å²) >= 11 is 0. The van der Waals surface area contributed by atoms with E-state index in [4.69, 9.17) is 5.11 Å². The number of carbonyl (C=O) groups is 1. The lowest BCUT2D eigenvalue weighted by atomic mass is 10.2. The molecule has 0 saturated heterocycles. The fraction of sp³-hybridized carbons (Fsp3) is 0.571. The molecule has 9 heavy (non-hydrogen) atoms. The number of allylic oxidation sites excluding steroid dienone is 1. The summed E-state index contributed by atoms with van der Waals surface area (Å²) in [5, 5.41) is 8.13. The molecular formula is C7H12O2. The number of hydrogen-bond acceptors (Lipinski definition) is 2. The average molecular weight is 128 g/mol. The molecule has 0 atom stereocenters. The van der Waals surface area contributed by atoms with Crippen molar-refractivity contribution < 1.29 is 9.90 Å². The SMILES string of the molecule is CCCCC(=O)/C=C\O. The Labute approximate surface area is 55.2 Å². The summed E-state index contributed by atoms with van der Waals surface area (Å²) in [6.07, 6.45) is 4.45. The molecule has 0 aliphatic heterocycles. The summed E-state index contributed by atoms with van der Waals surface area (Å²) < 4.78 is 0. The zero-order chi connectivity index (χ0) is 7.11. The Balaban J connectivity index is 3.27. The van der Waals surface area contributed by atoms with E-state index in [-0.39, 0.29) is 5.78 Å². The highest BCUT2D eigenvalue weighted by atomic mass is 16.2. The second-order valence-electron chi connectivity index (χ2n) is 1.89. The monoisotopic (exact) mass is 128 g/mol. The second kappa shape index (κ2) is 5.35. The molecule has 0 radical (unpaired) electrons. The van der Waals surface area contributed by atoms with Gasteiger partial charge in [0.25, 0.3) is 0 Å². The number of unbranched alkanes of at least 4 members (excludes halogenated alkanes) is 1. The number of aliphatic hydroxyl groups excluding tert-OH is 1. The molecule has 0 bridgehead atoms.